The third-order valence-corrected chi connectivity index (χ3v) is 1.06. The number of hydrogen-bond acceptors (Lipinski definition) is 1. The molecule has 0 unspecified atom stereocenters. The second-order valence-corrected chi connectivity index (χ2v) is 1.97. The minimum absolute atomic E-state index is 0.0417. The van der Waals surface area contributed by atoms with Crippen LogP contribution in [-0.4, -0.2) is 13.2 Å². The van der Waals surface area contributed by atoms with Gasteiger partial charge in [-0.2, -0.15) is 13.2 Å². The van der Waals surface area contributed by atoms with E-state index in [0.29, 0.717) is 5.70 Å². The van der Waals surface area contributed by atoms with E-state index in [1.54, 1.807) is 7.05 Å². The first-order valence-electron chi connectivity index (χ1n) is 2.88. The van der Waals surface area contributed by atoms with Crippen molar-refractivity contribution in [2.24, 2.45) is 0 Å². The first kappa shape index (κ1) is 9.33. The van der Waals surface area contributed by atoms with Gasteiger partial charge in [-0.3, -0.25) is 0 Å². The molecular weight excluding hydrogens is 143 g/mol. The molecule has 0 rings (SSSR count). The lowest BCUT2D eigenvalue weighted by Crippen LogP contribution is -2.11. The summed E-state index contributed by atoms with van der Waals surface area (Å²) >= 11 is 0. The number of halogens is 3. The monoisotopic (exact) mass is 153 g/mol. The average molecular weight is 153 g/mol. The van der Waals surface area contributed by atoms with Gasteiger partial charge in [0.2, 0.25) is 0 Å². The van der Waals surface area contributed by atoms with Crippen molar-refractivity contribution in [3.63, 3.8) is 0 Å². The summed E-state index contributed by atoms with van der Waals surface area (Å²) in [5.74, 6) is 0. The van der Waals surface area contributed by atoms with Gasteiger partial charge in [0.1, 0.15) is 0 Å². The van der Waals surface area contributed by atoms with Crippen LogP contribution in [-0.2, 0) is 0 Å². The molecule has 0 amide bonds. The summed E-state index contributed by atoms with van der Waals surface area (Å²) in [4.78, 5) is 0. The van der Waals surface area contributed by atoms with Crippen LogP contribution in [0.5, 0.6) is 0 Å². The molecule has 10 heavy (non-hydrogen) atoms. The largest absolute Gasteiger partial charge is 0.392 e. The second kappa shape index (κ2) is 3.49. The number of rotatable bonds is 3. The fourth-order valence-corrected chi connectivity index (χ4v) is 0.418. The van der Waals surface area contributed by atoms with E-state index in [-0.39, 0.29) is 6.42 Å². The Hall–Kier alpha value is -0.670. The fourth-order valence-electron chi connectivity index (χ4n) is 0.418. The summed E-state index contributed by atoms with van der Waals surface area (Å²) in [6, 6.07) is 0. The van der Waals surface area contributed by atoms with Gasteiger partial charge in [-0.05, 0) is 6.42 Å². The van der Waals surface area contributed by atoms with E-state index in [9.17, 15) is 13.2 Å². The summed E-state index contributed by atoms with van der Waals surface area (Å²) in [6.45, 7) is 3.37. The van der Waals surface area contributed by atoms with E-state index >= 15 is 0 Å². The summed E-state index contributed by atoms with van der Waals surface area (Å²) in [7, 11) is 1.55. The predicted octanol–water partition coefficient (Wildman–Crippen LogP) is 2.06. The molecule has 0 radical (unpaired) electrons. The summed E-state index contributed by atoms with van der Waals surface area (Å²) in [5, 5.41) is 2.54. The molecule has 0 bridgehead atoms. The van der Waals surface area contributed by atoms with E-state index < -0.39 is 12.6 Å². The Bertz CT molecular complexity index is 117. The van der Waals surface area contributed by atoms with E-state index in [1.165, 1.54) is 0 Å². The number of hydrogen-bond donors (Lipinski definition) is 1. The maximum atomic E-state index is 11.5. The number of allylic oxidation sites excluding steroid dienone is 1. The third-order valence-electron chi connectivity index (χ3n) is 1.06. The van der Waals surface area contributed by atoms with Gasteiger partial charge in [0.25, 0.3) is 0 Å². The van der Waals surface area contributed by atoms with Crippen LogP contribution < -0.4 is 5.32 Å². The van der Waals surface area contributed by atoms with E-state index in [2.05, 4.69) is 11.9 Å². The lowest BCUT2D eigenvalue weighted by atomic mass is 10.2. The molecular formula is C6H10F3N. The Morgan fingerprint density at radius 2 is 2.00 bits per heavy atom. The molecule has 0 spiro atoms. The van der Waals surface area contributed by atoms with Crippen molar-refractivity contribution in [3.05, 3.63) is 12.3 Å². The first-order chi connectivity index (χ1) is 4.45. The Morgan fingerprint density at radius 1 is 1.50 bits per heavy atom. The van der Waals surface area contributed by atoms with Crippen LogP contribution in [0.4, 0.5) is 13.2 Å². The average Bonchev–Trinajstić information content (AvgIpc) is 1.81. The molecule has 0 aliphatic carbocycles. The molecule has 0 aromatic heterocycles. The highest BCUT2D eigenvalue weighted by Gasteiger charge is 2.26. The van der Waals surface area contributed by atoms with Crippen LogP contribution in [0.3, 0.4) is 0 Å². The Balaban J connectivity index is 3.46. The van der Waals surface area contributed by atoms with Gasteiger partial charge in [0.15, 0.2) is 0 Å². The molecule has 0 aliphatic rings. The van der Waals surface area contributed by atoms with Crippen LogP contribution in [0.2, 0.25) is 0 Å². The third kappa shape index (κ3) is 5.47. The highest BCUT2D eigenvalue weighted by atomic mass is 19.4. The molecule has 0 atom stereocenters. The van der Waals surface area contributed by atoms with Crippen LogP contribution >= 0.6 is 0 Å². The molecule has 1 N–H and O–H groups in total. The lowest BCUT2D eigenvalue weighted by Gasteiger charge is -2.06. The Kier molecular flexibility index (Phi) is 3.25. The topological polar surface area (TPSA) is 12.0 Å². The van der Waals surface area contributed by atoms with Crippen molar-refractivity contribution in [1.82, 2.24) is 5.32 Å². The maximum Gasteiger partial charge on any atom is 0.389 e. The summed E-state index contributed by atoms with van der Waals surface area (Å²) < 4.78 is 34.5. The van der Waals surface area contributed by atoms with Gasteiger partial charge in [-0.1, -0.05) is 6.58 Å². The smallest absolute Gasteiger partial charge is 0.389 e. The van der Waals surface area contributed by atoms with Crippen molar-refractivity contribution in [2.75, 3.05) is 7.05 Å². The Labute approximate surface area is 57.9 Å². The maximum absolute atomic E-state index is 11.5. The van der Waals surface area contributed by atoms with Gasteiger partial charge in [0, 0.05) is 19.2 Å². The normalized spacial score (nSPS) is 11.2. The predicted molar refractivity (Wildman–Crippen MR) is 33.5 cm³/mol. The zero-order valence-corrected chi connectivity index (χ0v) is 5.76. The highest BCUT2D eigenvalue weighted by molar-refractivity contribution is 4.89. The van der Waals surface area contributed by atoms with Gasteiger partial charge in [-0.25, -0.2) is 0 Å². The molecule has 0 fully saturated rings. The van der Waals surface area contributed by atoms with E-state index in [4.69, 9.17) is 0 Å². The van der Waals surface area contributed by atoms with Gasteiger partial charge < -0.3 is 5.32 Å². The fraction of sp³-hybridized carbons (Fsp3) is 0.667. The standard InChI is InChI=1S/C6H10F3N/c1-5(10-2)3-4-6(7,8)9/h10H,1,3-4H2,2H3. The van der Waals surface area contributed by atoms with Crippen LogP contribution in [0.15, 0.2) is 12.3 Å². The molecule has 60 valence electrons. The van der Waals surface area contributed by atoms with Crippen molar-refractivity contribution in [1.29, 1.82) is 0 Å². The zero-order valence-electron chi connectivity index (χ0n) is 5.76. The molecule has 0 aromatic rings. The van der Waals surface area contributed by atoms with E-state index in [1.807, 2.05) is 0 Å². The van der Waals surface area contributed by atoms with Gasteiger partial charge in [-0.15, -0.1) is 0 Å². The molecule has 0 aromatic carbocycles. The molecule has 0 heterocycles. The van der Waals surface area contributed by atoms with Gasteiger partial charge >= 0.3 is 6.18 Å². The molecule has 4 heteroatoms. The van der Waals surface area contributed by atoms with Crippen LogP contribution in [0.25, 0.3) is 0 Å². The zero-order chi connectivity index (χ0) is 8.20. The second-order valence-electron chi connectivity index (χ2n) is 1.97. The summed E-state index contributed by atoms with van der Waals surface area (Å²) in [5.41, 5.74) is 0.414. The van der Waals surface area contributed by atoms with E-state index in [0.717, 1.165) is 0 Å². The SMILES string of the molecule is C=C(CCC(F)(F)F)NC. The van der Waals surface area contributed by atoms with Gasteiger partial charge in [0.05, 0.1) is 0 Å². The quantitative estimate of drug-likeness (QED) is 0.654. The summed E-state index contributed by atoms with van der Waals surface area (Å²) in [6.07, 6.45) is -4.91. The molecule has 0 saturated heterocycles. The molecule has 0 saturated carbocycles. The van der Waals surface area contributed by atoms with Crippen molar-refractivity contribution in [2.45, 2.75) is 19.0 Å². The van der Waals surface area contributed by atoms with Crippen molar-refractivity contribution >= 4 is 0 Å². The van der Waals surface area contributed by atoms with Crippen LogP contribution in [0, 0.1) is 0 Å². The molecule has 1 nitrogen and oxygen atoms in total. The number of nitrogens with one attached hydrogen (secondary N) is 1. The minimum atomic E-state index is -4.07. The van der Waals surface area contributed by atoms with Crippen LogP contribution in [0.1, 0.15) is 12.8 Å². The highest BCUT2D eigenvalue weighted by Crippen LogP contribution is 2.22. The minimum Gasteiger partial charge on any atom is -0.392 e. The Morgan fingerprint density at radius 3 is 2.30 bits per heavy atom. The number of alkyl halides is 3. The van der Waals surface area contributed by atoms with Crippen molar-refractivity contribution in [3.8, 4) is 0 Å². The van der Waals surface area contributed by atoms with Crippen molar-refractivity contribution < 1.29 is 13.2 Å². The first-order valence-corrected chi connectivity index (χ1v) is 2.88. The molecule has 0 aliphatic heterocycles. The lowest BCUT2D eigenvalue weighted by molar-refractivity contribution is -0.134.